The van der Waals surface area contributed by atoms with Gasteiger partial charge in [-0.1, -0.05) is 56.3 Å². The molecule has 2 N–H and O–H groups in total. The largest absolute Gasteiger partial charge is 0.359 e. The highest BCUT2D eigenvalue weighted by Gasteiger charge is 2.24. The number of aliphatic imine (C=N–C) groups is 1. The van der Waals surface area contributed by atoms with E-state index in [1.165, 1.54) is 18.4 Å². The van der Waals surface area contributed by atoms with Crippen LogP contribution < -0.4 is 10.6 Å². The number of likely N-dealkylation sites (tertiary alicyclic amines) is 1. The molecule has 158 valence electrons. The van der Waals surface area contributed by atoms with Crippen molar-refractivity contribution in [1.29, 1.82) is 0 Å². The fourth-order valence-corrected chi connectivity index (χ4v) is 3.74. The number of hydrogen-bond acceptors (Lipinski definition) is 4. The number of hydrogen-bond donors (Lipinski definition) is 2. The monoisotopic (exact) mass is 397 g/mol. The van der Waals surface area contributed by atoms with Crippen LogP contribution in [0.4, 0.5) is 0 Å². The van der Waals surface area contributed by atoms with Crippen molar-refractivity contribution in [3.05, 3.63) is 53.4 Å². The van der Waals surface area contributed by atoms with Gasteiger partial charge in [0.05, 0.1) is 18.3 Å². The molecule has 1 aliphatic rings. The Morgan fingerprint density at radius 2 is 1.93 bits per heavy atom. The van der Waals surface area contributed by atoms with Crippen molar-refractivity contribution >= 4 is 5.96 Å². The lowest BCUT2D eigenvalue weighted by Gasteiger charge is -2.37. The Hall–Kier alpha value is -2.34. The summed E-state index contributed by atoms with van der Waals surface area (Å²) in [5.74, 6) is 2.78. The number of benzene rings is 1. The molecule has 1 fully saturated rings. The lowest BCUT2D eigenvalue weighted by atomic mass is 9.95. The summed E-state index contributed by atoms with van der Waals surface area (Å²) < 4.78 is 5.42. The van der Waals surface area contributed by atoms with E-state index in [0.717, 1.165) is 43.0 Å². The molecule has 1 aromatic heterocycles. The van der Waals surface area contributed by atoms with Gasteiger partial charge in [-0.3, -0.25) is 9.89 Å². The first-order valence-electron chi connectivity index (χ1n) is 10.8. The van der Waals surface area contributed by atoms with Gasteiger partial charge in [-0.2, -0.15) is 0 Å². The highest BCUT2D eigenvalue weighted by Crippen LogP contribution is 2.26. The van der Waals surface area contributed by atoms with E-state index in [0.29, 0.717) is 18.5 Å². The van der Waals surface area contributed by atoms with Crippen molar-refractivity contribution in [3.8, 4) is 0 Å². The van der Waals surface area contributed by atoms with Crippen LogP contribution in [0.2, 0.25) is 0 Å². The standard InChI is InChI=1S/C23H35N5O/c1-17(2)21-14-20(29-27-21)15-25-23(24-4)26-16-22(19-8-6-5-7-9-19)28-12-10-18(3)11-13-28/h5-9,14,17-18,22H,10-13,15-16H2,1-4H3,(H2,24,25,26). The Kier molecular flexibility index (Phi) is 7.69. The van der Waals surface area contributed by atoms with Crippen LogP contribution in [0.5, 0.6) is 0 Å². The van der Waals surface area contributed by atoms with Gasteiger partial charge in [0.25, 0.3) is 0 Å². The molecule has 0 spiro atoms. The Balaban J connectivity index is 1.59. The van der Waals surface area contributed by atoms with Crippen molar-refractivity contribution in [2.75, 3.05) is 26.7 Å². The van der Waals surface area contributed by atoms with Crippen molar-refractivity contribution in [2.45, 2.75) is 52.1 Å². The quantitative estimate of drug-likeness (QED) is 0.547. The smallest absolute Gasteiger partial charge is 0.191 e. The van der Waals surface area contributed by atoms with Crippen molar-refractivity contribution in [2.24, 2.45) is 10.9 Å². The Bertz CT molecular complexity index is 763. The van der Waals surface area contributed by atoms with Crippen molar-refractivity contribution in [3.63, 3.8) is 0 Å². The molecule has 29 heavy (non-hydrogen) atoms. The molecule has 0 aliphatic carbocycles. The van der Waals surface area contributed by atoms with Crippen LogP contribution in [0.15, 0.2) is 45.9 Å². The number of piperidine rings is 1. The maximum Gasteiger partial charge on any atom is 0.191 e. The predicted octanol–water partition coefficient (Wildman–Crippen LogP) is 3.94. The van der Waals surface area contributed by atoms with Crippen molar-refractivity contribution < 1.29 is 4.52 Å². The van der Waals surface area contributed by atoms with E-state index in [9.17, 15) is 0 Å². The summed E-state index contributed by atoms with van der Waals surface area (Å²) in [7, 11) is 1.80. The van der Waals surface area contributed by atoms with E-state index < -0.39 is 0 Å². The number of aromatic nitrogens is 1. The summed E-state index contributed by atoms with van der Waals surface area (Å²) in [5, 5.41) is 11.0. The highest BCUT2D eigenvalue weighted by atomic mass is 16.5. The number of nitrogens with one attached hydrogen (secondary N) is 2. The second-order valence-electron chi connectivity index (χ2n) is 8.32. The lowest BCUT2D eigenvalue weighted by molar-refractivity contribution is 0.138. The molecule has 6 nitrogen and oxygen atoms in total. The molecule has 0 bridgehead atoms. The van der Waals surface area contributed by atoms with Crippen LogP contribution in [-0.4, -0.2) is 42.7 Å². The zero-order chi connectivity index (χ0) is 20.6. The minimum Gasteiger partial charge on any atom is -0.359 e. The molecule has 1 aliphatic heterocycles. The Labute approximate surface area is 174 Å². The molecule has 1 unspecified atom stereocenters. The van der Waals surface area contributed by atoms with Crippen molar-refractivity contribution in [1.82, 2.24) is 20.7 Å². The van der Waals surface area contributed by atoms with Crippen LogP contribution in [0.25, 0.3) is 0 Å². The summed E-state index contributed by atoms with van der Waals surface area (Å²) in [6.07, 6.45) is 2.53. The first-order chi connectivity index (χ1) is 14.1. The minimum atomic E-state index is 0.333. The predicted molar refractivity (Wildman–Crippen MR) is 118 cm³/mol. The molecule has 2 aromatic rings. The number of guanidine groups is 1. The fraction of sp³-hybridized carbons (Fsp3) is 0.565. The van der Waals surface area contributed by atoms with E-state index >= 15 is 0 Å². The minimum absolute atomic E-state index is 0.333. The molecule has 1 aromatic carbocycles. The third-order valence-corrected chi connectivity index (χ3v) is 5.73. The second kappa shape index (κ2) is 10.4. The van der Waals surface area contributed by atoms with Gasteiger partial charge in [0, 0.05) is 19.7 Å². The highest BCUT2D eigenvalue weighted by molar-refractivity contribution is 5.79. The Morgan fingerprint density at radius 1 is 1.21 bits per heavy atom. The molecule has 0 saturated carbocycles. The average Bonchev–Trinajstić information content (AvgIpc) is 3.22. The van der Waals surface area contributed by atoms with E-state index in [-0.39, 0.29) is 0 Å². The van der Waals surface area contributed by atoms with E-state index in [1.807, 2.05) is 6.07 Å². The third kappa shape index (κ3) is 6.07. The summed E-state index contributed by atoms with van der Waals surface area (Å²) in [6, 6.07) is 13.1. The molecule has 0 amide bonds. The SMILES string of the molecule is CN=C(NCc1cc(C(C)C)no1)NCC(c1ccccc1)N1CCC(C)CC1. The number of rotatable bonds is 7. The zero-order valence-corrected chi connectivity index (χ0v) is 18.2. The third-order valence-electron chi connectivity index (χ3n) is 5.73. The normalized spacial score (nSPS) is 17.5. The van der Waals surface area contributed by atoms with Gasteiger partial charge in [-0.15, -0.1) is 0 Å². The van der Waals surface area contributed by atoms with Gasteiger partial charge >= 0.3 is 0 Å². The molecular formula is C23H35N5O. The van der Waals surface area contributed by atoms with E-state index in [1.54, 1.807) is 7.05 Å². The van der Waals surface area contributed by atoms with E-state index in [4.69, 9.17) is 4.52 Å². The first-order valence-corrected chi connectivity index (χ1v) is 10.8. The summed E-state index contributed by atoms with van der Waals surface area (Å²) in [4.78, 5) is 6.98. The first kappa shape index (κ1) is 21.4. The van der Waals surface area contributed by atoms with Gasteiger partial charge in [0.15, 0.2) is 11.7 Å². The van der Waals surface area contributed by atoms with Gasteiger partial charge in [0.2, 0.25) is 0 Å². The van der Waals surface area contributed by atoms with Gasteiger partial charge < -0.3 is 15.2 Å². The van der Waals surface area contributed by atoms with Crippen LogP contribution >= 0.6 is 0 Å². The van der Waals surface area contributed by atoms with Crippen LogP contribution in [0, 0.1) is 5.92 Å². The van der Waals surface area contributed by atoms with Crippen LogP contribution in [0.3, 0.4) is 0 Å². The molecule has 6 heteroatoms. The molecule has 1 atom stereocenters. The van der Waals surface area contributed by atoms with Gasteiger partial charge in [-0.25, -0.2) is 0 Å². The zero-order valence-electron chi connectivity index (χ0n) is 18.2. The van der Waals surface area contributed by atoms with Crippen LogP contribution in [0.1, 0.15) is 62.6 Å². The lowest BCUT2D eigenvalue weighted by Crippen LogP contribution is -2.45. The maximum absolute atomic E-state index is 5.42. The molecular weight excluding hydrogens is 362 g/mol. The average molecular weight is 398 g/mol. The van der Waals surface area contributed by atoms with Gasteiger partial charge in [0.1, 0.15) is 0 Å². The summed E-state index contributed by atoms with van der Waals surface area (Å²) in [6.45, 7) is 10.2. The molecule has 2 heterocycles. The Morgan fingerprint density at radius 3 is 2.55 bits per heavy atom. The summed E-state index contributed by atoms with van der Waals surface area (Å²) in [5.41, 5.74) is 2.33. The van der Waals surface area contributed by atoms with Gasteiger partial charge in [-0.05, 0) is 43.3 Å². The maximum atomic E-state index is 5.42. The fourth-order valence-electron chi connectivity index (χ4n) is 3.74. The topological polar surface area (TPSA) is 65.7 Å². The summed E-state index contributed by atoms with van der Waals surface area (Å²) >= 11 is 0. The molecule has 3 rings (SSSR count). The second-order valence-corrected chi connectivity index (χ2v) is 8.32. The van der Waals surface area contributed by atoms with Crippen LogP contribution in [-0.2, 0) is 6.54 Å². The molecule has 1 saturated heterocycles. The number of nitrogens with zero attached hydrogens (tertiary/aromatic N) is 3. The van der Waals surface area contributed by atoms with E-state index in [2.05, 4.69) is 76.8 Å². The molecule has 0 radical (unpaired) electrons.